The molecule has 3 fully saturated rings. The molecule has 0 bridgehead atoms. The van der Waals surface area contributed by atoms with Crippen LogP contribution in [0.3, 0.4) is 0 Å². The monoisotopic (exact) mass is 399 g/mol. The molecule has 29 heavy (non-hydrogen) atoms. The lowest BCUT2D eigenvalue weighted by Crippen LogP contribution is -2.50. The number of nitrogens with one attached hydrogen (secondary N) is 1. The van der Waals surface area contributed by atoms with Crippen molar-refractivity contribution in [2.24, 2.45) is 0 Å². The van der Waals surface area contributed by atoms with Crippen LogP contribution in [0.1, 0.15) is 19.3 Å². The molecule has 7 nitrogen and oxygen atoms in total. The van der Waals surface area contributed by atoms with Crippen LogP contribution >= 0.6 is 0 Å². The van der Waals surface area contributed by atoms with Crippen LogP contribution in [0.25, 0.3) is 0 Å². The molecule has 3 aliphatic heterocycles. The van der Waals surface area contributed by atoms with Gasteiger partial charge in [-0.2, -0.15) is 0 Å². The van der Waals surface area contributed by atoms with Gasteiger partial charge in [-0.25, -0.2) is 0 Å². The van der Waals surface area contributed by atoms with Crippen molar-refractivity contribution >= 4 is 17.5 Å². The van der Waals surface area contributed by atoms with Crippen LogP contribution < -0.4 is 10.2 Å². The Morgan fingerprint density at radius 1 is 1.07 bits per heavy atom. The Morgan fingerprint density at radius 2 is 1.79 bits per heavy atom. The molecule has 4 rings (SSSR count). The maximum Gasteiger partial charge on any atom is 0.239 e. The van der Waals surface area contributed by atoms with E-state index in [4.69, 9.17) is 0 Å². The fourth-order valence-corrected chi connectivity index (χ4v) is 5.07. The van der Waals surface area contributed by atoms with Gasteiger partial charge in [0.25, 0.3) is 0 Å². The Bertz CT molecular complexity index is 719. The molecule has 1 aromatic carbocycles. The zero-order valence-corrected chi connectivity index (χ0v) is 17.6. The largest absolute Gasteiger partial charge is 0.368 e. The Balaban J connectivity index is 1.28. The van der Waals surface area contributed by atoms with Crippen LogP contribution in [0.5, 0.6) is 0 Å². The van der Waals surface area contributed by atoms with Gasteiger partial charge in [-0.1, -0.05) is 18.2 Å². The van der Waals surface area contributed by atoms with Crippen LogP contribution in [0.4, 0.5) is 5.69 Å². The summed E-state index contributed by atoms with van der Waals surface area (Å²) < 4.78 is 0. The van der Waals surface area contributed by atoms with E-state index in [9.17, 15) is 9.59 Å². The van der Waals surface area contributed by atoms with Gasteiger partial charge >= 0.3 is 0 Å². The number of piperazine rings is 1. The average Bonchev–Trinajstić information content (AvgIpc) is 3.09. The first-order valence-corrected chi connectivity index (χ1v) is 10.8. The second-order valence-electron chi connectivity index (χ2n) is 8.59. The predicted molar refractivity (Wildman–Crippen MR) is 114 cm³/mol. The number of likely N-dealkylation sites (N-methyl/N-ethyl adjacent to an activating group) is 2. The van der Waals surface area contributed by atoms with E-state index in [1.165, 1.54) is 5.69 Å². The maximum absolute atomic E-state index is 12.8. The fraction of sp³-hybridized carbons (Fsp3) is 0.636. The third-order valence-electron chi connectivity index (χ3n) is 6.94. The van der Waals surface area contributed by atoms with Crippen molar-refractivity contribution in [1.82, 2.24) is 20.0 Å². The van der Waals surface area contributed by atoms with Gasteiger partial charge in [-0.3, -0.25) is 19.4 Å². The van der Waals surface area contributed by atoms with Crippen LogP contribution in [-0.2, 0) is 9.59 Å². The summed E-state index contributed by atoms with van der Waals surface area (Å²) in [7, 11) is 4.14. The Hall–Kier alpha value is -2.12. The molecule has 3 heterocycles. The number of amides is 2. The van der Waals surface area contributed by atoms with Gasteiger partial charge in [-0.15, -0.1) is 0 Å². The van der Waals surface area contributed by atoms with Crippen molar-refractivity contribution in [3.8, 4) is 0 Å². The number of likely N-dealkylation sites (tertiary alicyclic amines) is 1. The lowest BCUT2D eigenvalue weighted by atomic mass is 10.0. The smallest absolute Gasteiger partial charge is 0.239 e. The van der Waals surface area contributed by atoms with Crippen molar-refractivity contribution in [3.63, 3.8) is 0 Å². The molecular formula is C22H33N5O2. The van der Waals surface area contributed by atoms with Gasteiger partial charge in [0.1, 0.15) is 6.04 Å². The minimum Gasteiger partial charge on any atom is -0.368 e. The van der Waals surface area contributed by atoms with E-state index in [0.717, 1.165) is 45.6 Å². The molecule has 7 heteroatoms. The number of nitrogens with zero attached hydrogens (tertiary/aromatic N) is 4. The van der Waals surface area contributed by atoms with Gasteiger partial charge in [0.15, 0.2) is 0 Å². The Kier molecular flexibility index (Phi) is 6.06. The van der Waals surface area contributed by atoms with Crippen LogP contribution in [0.15, 0.2) is 30.3 Å². The SMILES string of the molecule is CN1CC[C@H]2[C@H]1C(=O)NC[C@H](CCC(=O)N1CCN(c3ccccc3)CC1)N2C. The number of fused-ring (bicyclic) bond motifs is 1. The summed E-state index contributed by atoms with van der Waals surface area (Å²) in [4.78, 5) is 34.1. The molecule has 0 aromatic heterocycles. The molecule has 0 saturated carbocycles. The van der Waals surface area contributed by atoms with Crippen molar-refractivity contribution in [2.45, 2.75) is 37.4 Å². The summed E-state index contributed by atoms with van der Waals surface area (Å²) in [5.74, 6) is 0.370. The molecule has 0 unspecified atom stereocenters. The first kappa shape index (κ1) is 20.2. The molecule has 0 aliphatic carbocycles. The van der Waals surface area contributed by atoms with E-state index in [2.05, 4.69) is 51.3 Å². The van der Waals surface area contributed by atoms with Crippen molar-refractivity contribution in [2.75, 3.05) is 58.3 Å². The third kappa shape index (κ3) is 4.26. The van der Waals surface area contributed by atoms with E-state index in [0.29, 0.717) is 13.0 Å². The molecular weight excluding hydrogens is 366 g/mol. The second-order valence-corrected chi connectivity index (χ2v) is 8.59. The highest BCUT2D eigenvalue weighted by Crippen LogP contribution is 2.26. The quantitative estimate of drug-likeness (QED) is 0.804. The number of rotatable bonds is 4. The van der Waals surface area contributed by atoms with E-state index >= 15 is 0 Å². The number of hydrogen-bond donors (Lipinski definition) is 1. The lowest BCUT2D eigenvalue weighted by molar-refractivity contribution is -0.132. The number of benzene rings is 1. The van der Waals surface area contributed by atoms with E-state index in [1.807, 2.05) is 18.0 Å². The molecule has 0 radical (unpaired) electrons. The molecule has 3 saturated heterocycles. The molecule has 3 atom stereocenters. The average molecular weight is 400 g/mol. The molecule has 2 amide bonds. The molecule has 0 spiro atoms. The maximum atomic E-state index is 12.8. The molecule has 3 aliphatic rings. The normalized spacial score (nSPS) is 28.8. The first-order valence-electron chi connectivity index (χ1n) is 10.8. The van der Waals surface area contributed by atoms with Crippen LogP contribution in [0, 0.1) is 0 Å². The number of anilines is 1. The van der Waals surface area contributed by atoms with Gasteiger partial charge in [0, 0.05) is 63.5 Å². The highest BCUT2D eigenvalue weighted by atomic mass is 16.2. The van der Waals surface area contributed by atoms with Gasteiger partial charge in [0.05, 0.1) is 0 Å². The van der Waals surface area contributed by atoms with Gasteiger partial charge in [0.2, 0.25) is 11.8 Å². The minimum atomic E-state index is -0.0632. The standard InChI is InChI=1S/C22H33N5O2/c1-24-11-10-19-21(24)22(29)23-16-18(25(19)2)8-9-20(28)27-14-12-26(13-15-27)17-6-4-3-5-7-17/h3-7,18-19,21H,8-16H2,1-2H3,(H,23,29)/t18-,19-,21-/m0/s1. The van der Waals surface area contributed by atoms with E-state index in [1.54, 1.807) is 0 Å². The first-order chi connectivity index (χ1) is 14.0. The zero-order chi connectivity index (χ0) is 20.4. The topological polar surface area (TPSA) is 59.1 Å². The summed E-state index contributed by atoms with van der Waals surface area (Å²) in [5.41, 5.74) is 1.23. The summed E-state index contributed by atoms with van der Waals surface area (Å²) in [5, 5.41) is 3.10. The summed E-state index contributed by atoms with van der Waals surface area (Å²) in [6, 6.07) is 10.8. The predicted octanol–water partition coefficient (Wildman–Crippen LogP) is 0.618. The van der Waals surface area contributed by atoms with Gasteiger partial charge < -0.3 is 15.1 Å². The highest BCUT2D eigenvalue weighted by molar-refractivity contribution is 5.83. The number of para-hydroxylation sites is 1. The molecule has 158 valence electrons. The number of carbonyl (C=O) groups is 2. The minimum absolute atomic E-state index is 0.0632. The van der Waals surface area contributed by atoms with Crippen LogP contribution in [0.2, 0.25) is 0 Å². The highest BCUT2D eigenvalue weighted by Gasteiger charge is 2.43. The van der Waals surface area contributed by atoms with Crippen LogP contribution in [-0.4, -0.2) is 98.0 Å². The van der Waals surface area contributed by atoms with E-state index < -0.39 is 0 Å². The van der Waals surface area contributed by atoms with E-state index in [-0.39, 0.29) is 29.9 Å². The Labute approximate surface area is 173 Å². The molecule has 1 N–H and O–H groups in total. The number of hydrogen-bond acceptors (Lipinski definition) is 5. The fourth-order valence-electron chi connectivity index (χ4n) is 5.07. The van der Waals surface area contributed by atoms with Crippen molar-refractivity contribution in [3.05, 3.63) is 30.3 Å². The number of carbonyl (C=O) groups excluding carboxylic acids is 2. The summed E-state index contributed by atoms with van der Waals surface area (Å²) in [6.07, 6.45) is 2.35. The van der Waals surface area contributed by atoms with Crippen molar-refractivity contribution in [1.29, 1.82) is 0 Å². The Morgan fingerprint density at radius 3 is 2.52 bits per heavy atom. The third-order valence-corrected chi connectivity index (χ3v) is 6.94. The van der Waals surface area contributed by atoms with Gasteiger partial charge in [-0.05, 0) is 39.1 Å². The zero-order valence-electron chi connectivity index (χ0n) is 17.6. The second kappa shape index (κ2) is 8.71. The lowest BCUT2D eigenvalue weighted by Gasteiger charge is -2.37. The summed E-state index contributed by atoms with van der Waals surface area (Å²) >= 11 is 0. The summed E-state index contributed by atoms with van der Waals surface area (Å²) in [6.45, 7) is 4.90. The molecule has 1 aromatic rings. The van der Waals surface area contributed by atoms with Crippen molar-refractivity contribution < 1.29 is 9.59 Å².